The van der Waals surface area contributed by atoms with Gasteiger partial charge >= 0.3 is 0 Å². The smallest absolute Gasteiger partial charge is 0.0662 e. The third-order valence-corrected chi connectivity index (χ3v) is 2.58. The lowest BCUT2D eigenvalue weighted by atomic mass is 9.90. The second-order valence-corrected chi connectivity index (χ2v) is 4.21. The number of aliphatic hydroxyl groups excluding tert-OH is 2. The van der Waals surface area contributed by atoms with E-state index in [0.29, 0.717) is 5.92 Å². The van der Waals surface area contributed by atoms with Crippen LogP contribution < -0.4 is 0 Å². The predicted octanol–water partition coefficient (Wildman–Crippen LogP) is 2.21. The van der Waals surface area contributed by atoms with E-state index in [2.05, 4.69) is 34.6 Å². The summed E-state index contributed by atoms with van der Waals surface area (Å²) in [5, 5.41) is 15.2. The Morgan fingerprint density at radius 2 is 1.60 bits per heavy atom. The van der Waals surface area contributed by atoms with E-state index in [9.17, 15) is 0 Å². The molecule has 0 amide bonds. The van der Waals surface area contributed by atoms with E-state index in [1.165, 1.54) is 6.42 Å². The minimum Gasteiger partial charge on any atom is -0.394 e. The van der Waals surface area contributed by atoms with Gasteiger partial charge in [-0.1, -0.05) is 27.2 Å². The Labute approximate surface area is 94.5 Å². The van der Waals surface area contributed by atoms with Crippen molar-refractivity contribution in [3.05, 3.63) is 0 Å². The fraction of sp³-hybridized carbons (Fsp3) is 1.00. The molecule has 0 aliphatic carbocycles. The van der Waals surface area contributed by atoms with Crippen molar-refractivity contribution >= 4 is 0 Å². The molecule has 1 unspecified atom stereocenters. The molecule has 0 aromatic heterocycles. The quantitative estimate of drug-likeness (QED) is 0.721. The van der Waals surface area contributed by atoms with Gasteiger partial charge < -0.3 is 14.9 Å². The molecule has 0 bridgehead atoms. The lowest BCUT2D eigenvalue weighted by Gasteiger charge is -2.31. The van der Waals surface area contributed by atoms with Crippen LogP contribution in [0.25, 0.3) is 0 Å². The molecule has 0 aromatic rings. The van der Waals surface area contributed by atoms with Gasteiger partial charge in [0, 0.05) is 6.61 Å². The molecule has 0 radical (unpaired) electrons. The standard InChI is InChI=1S/C10H22O.C2H6O2/c1-6-8-11-10(4,5)9(3)7-2;3-1-2-4/h9H,6-8H2,1-5H3;3-4H,1-2H2. The van der Waals surface area contributed by atoms with Gasteiger partial charge in [0.05, 0.1) is 18.8 Å². The highest BCUT2D eigenvalue weighted by Crippen LogP contribution is 2.23. The highest BCUT2D eigenvalue weighted by molar-refractivity contribution is 4.74. The fourth-order valence-electron chi connectivity index (χ4n) is 0.999. The Hall–Kier alpha value is -0.120. The molecule has 0 saturated heterocycles. The summed E-state index contributed by atoms with van der Waals surface area (Å²) in [4.78, 5) is 0. The summed E-state index contributed by atoms with van der Waals surface area (Å²) < 4.78 is 5.73. The SMILES string of the molecule is CCCOC(C)(C)C(C)CC.OCCO. The van der Waals surface area contributed by atoms with Crippen LogP contribution in [0.2, 0.25) is 0 Å². The number of rotatable bonds is 6. The average molecular weight is 220 g/mol. The monoisotopic (exact) mass is 220 g/mol. The van der Waals surface area contributed by atoms with Crippen molar-refractivity contribution in [2.75, 3.05) is 19.8 Å². The van der Waals surface area contributed by atoms with Crippen molar-refractivity contribution < 1.29 is 14.9 Å². The lowest BCUT2D eigenvalue weighted by Crippen LogP contribution is -2.32. The molecule has 15 heavy (non-hydrogen) atoms. The normalized spacial score (nSPS) is 13.0. The molecule has 94 valence electrons. The summed E-state index contributed by atoms with van der Waals surface area (Å²) in [5.41, 5.74) is 0.0603. The van der Waals surface area contributed by atoms with Crippen LogP contribution >= 0.6 is 0 Å². The van der Waals surface area contributed by atoms with Crippen LogP contribution in [0, 0.1) is 5.92 Å². The Kier molecular flexibility index (Phi) is 12.0. The van der Waals surface area contributed by atoms with E-state index in [1.807, 2.05) is 0 Å². The molecule has 0 heterocycles. The van der Waals surface area contributed by atoms with E-state index in [1.54, 1.807) is 0 Å². The first-order valence-electron chi connectivity index (χ1n) is 5.81. The zero-order valence-electron chi connectivity index (χ0n) is 10.9. The molecular weight excluding hydrogens is 192 g/mol. The summed E-state index contributed by atoms with van der Waals surface area (Å²) in [6, 6.07) is 0. The summed E-state index contributed by atoms with van der Waals surface area (Å²) in [7, 11) is 0. The number of hydrogen-bond acceptors (Lipinski definition) is 3. The second kappa shape index (κ2) is 10.4. The highest BCUT2D eigenvalue weighted by atomic mass is 16.5. The third kappa shape index (κ3) is 10.2. The zero-order valence-corrected chi connectivity index (χ0v) is 10.9. The molecule has 1 atom stereocenters. The van der Waals surface area contributed by atoms with Gasteiger partial charge in [-0.15, -0.1) is 0 Å². The van der Waals surface area contributed by atoms with Crippen molar-refractivity contribution in [2.24, 2.45) is 5.92 Å². The van der Waals surface area contributed by atoms with E-state index in [4.69, 9.17) is 14.9 Å². The number of hydrogen-bond donors (Lipinski definition) is 2. The van der Waals surface area contributed by atoms with Crippen LogP contribution in [-0.2, 0) is 4.74 Å². The Bertz CT molecular complexity index is 122. The van der Waals surface area contributed by atoms with E-state index in [0.717, 1.165) is 13.0 Å². The van der Waals surface area contributed by atoms with E-state index < -0.39 is 0 Å². The van der Waals surface area contributed by atoms with Gasteiger partial charge in [0.1, 0.15) is 0 Å². The molecule has 0 aliphatic rings. The van der Waals surface area contributed by atoms with Crippen LogP contribution in [0.1, 0.15) is 47.5 Å². The molecule has 0 aliphatic heterocycles. The summed E-state index contributed by atoms with van der Waals surface area (Å²) in [6.07, 6.45) is 2.30. The van der Waals surface area contributed by atoms with Crippen molar-refractivity contribution in [1.29, 1.82) is 0 Å². The summed E-state index contributed by atoms with van der Waals surface area (Å²) >= 11 is 0. The maximum atomic E-state index is 7.62. The Balaban J connectivity index is 0. The van der Waals surface area contributed by atoms with Gasteiger partial charge in [0.15, 0.2) is 0 Å². The van der Waals surface area contributed by atoms with Gasteiger partial charge in [0.25, 0.3) is 0 Å². The van der Waals surface area contributed by atoms with Gasteiger partial charge in [-0.2, -0.15) is 0 Å². The molecule has 3 nitrogen and oxygen atoms in total. The molecule has 0 saturated carbocycles. The topological polar surface area (TPSA) is 49.7 Å². The first kappa shape index (κ1) is 17.3. The Morgan fingerprint density at radius 3 is 1.87 bits per heavy atom. The summed E-state index contributed by atoms with van der Waals surface area (Å²) in [6.45, 7) is 11.6. The van der Waals surface area contributed by atoms with Gasteiger partial charge in [0.2, 0.25) is 0 Å². The highest BCUT2D eigenvalue weighted by Gasteiger charge is 2.24. The Morgan fingerprint density at radius 1 is 1.13 bits per heavy atom. The zero-order chi connectivity index (χ0) is 12.3. The van der Waals surface area contributed by atoms with Crippen molar-refractivity contribution in [2.45, 2.75) is 53.1 Å². The number of aliphatic hydroxyl groups is 2. The van der Waals surface area contributed by atoms with Crippen LogP contribution in [0.15, 0.2) is 0 Å². The molecule has 0 rings (SSSR count). The average Bonchev–Trinajstić information content (AvgIpc) is 2.25. The predicted molar refractivity (Wildman–Crippen MR) is 63.9 cm³/mol. The maximum Gasteiger partial charge on any atom is 0.0662 e. The largest absolute Gasteiger partial charge is 0.394 e. The van der Waals surface area contributed by atoms with Crippen LogP contribution in [-0.4, -0.2) is 35.6 Å². The number of ether oxygens (including phenoxy) is 1. The van der Waals surface area contributed by atoms with Crippen LogP contribution in [0.3, 0.4) is 0 Å². The lowest BCUT2D eigenvalue weighted by molar-refractivity contribution is -0.0557. The van der Waals surface area contributed by atoms with Crippen molar-refractivity contribution in [3.8, 4) is 0 Å². The van der Waals surface area contributed by atoms with Crippen LogP contribution in [0.4, 0.5) is 0 Å². The third-order valence-electron chi connectivity index (χ3n) is 2.58. The fourth-order valence-corrected chi connectivity index (χ4v) is 0.999. The molecule has 0 fully saturated rings. The minimum atomic E-state index is -0.125. The van der Waals surface area contributed by atoms with Gasteiger partial charge in [-0.25, -0.2) is 0 Å². The molecular formula is C12H28O3. The maximum absolute atomic E-state index is 7.62. The van der Waals surface area contributed by atoms with E-state index in [-0.39, 0.29) is 18.8 Å². The van der Waals surface area contributed by atoms with Crippen molar-refractivity contribution in [1.82, 2.24) is 0 Å². The summed E-state index contributed by atoms with van der Waals surface area (Å²) in [5.74, 6) is 0.647. The second-order valence-electron chi connectivity index (χ2n) is 4.21. The molecule has 2 N–H and O–H groups in total. The minimum absolute atomic E-state index is 0.0603. The molecule has 3 heteroatoms. The van der Waals surface area contributed by atoms with Gasteiger partial charge in [-0.3, -0.25) is 0 Å². The first-order chi connectivity index (χ1) is 6.96. The van der Waals surface area contributed by atoms with Crippen LogP contribution in [0.5, 0.6) is 0 Å². The van der Waals surface area contributed by atoms with Gasteiger partial charge in [-0.05, 0) is 26.2 Å². The van der Waals surface area contributed by atoms with Crippen molar-refractivity contribution in [3.63, 3.8) is 0 Å². The first-order valence-corrected chi connectivity index (χ1v) is 5.81. The molecule has 0 aromatic carbocycles. The van der Waals surface area contributed by atoms with E-state index >= 15 is 0 Å². The molecule has 0 spiro atoms.